The number of thioether (sulfide) groups is 2. The molecule has 140 valence electrons. The van der Waals surface area contributed by atoms with E-state index >= 15 is 0 Å². The van der Waals surface area contributed by atoms with Crippen LogP contribution in [0, 0.1) is 0 Å². The van der Waals surface area contributed by atoms with Gasteiger partial charge in [0.1, 0.15) is 5.75 Å². The third kappa shape index (κ3) is 6.95. The molecule has 1 N–H and O–H groups in total. The Hall–Kier alpha value is -1.01. The summed E-state index contributed by atoms with van der Waals surface area (Å²) in [6.45, 7) is 2.53. The van der Waals surface area contributed by atoms with Crippen LogP contribution in [0.4, 0.5) is 0 Å². The Balaban J connectivity index is 1.67. The van der Waals surface area contributed by atoms with Crippen LogP contribution in [-0.4, -0.2) is 30.6 Å². The molecule has 1 unspecified atom stereocenters. The average molecular weight is 430 g/mol. The number of hydrogen-bond acceptors (Lipinski definition) is 4. The summed E-state index contributed by atoms with van der Waals surface area (Å²) >= 11 is 15.3. The minimum absolute atomic E-state index is 0.0379. The number of rotatable bonds is 9. The van der Waals surface area contributed by atoms with Crippen LogP contribution in [-0.2, 0) is 10.5 Å². The molecule has 1 atom stereocenters. The van der Waals surface area contributed by atoms with Crippen LogP contribution in [0.15, 0.2) is 47.4 Å². The Bertz CT molecular complexity index is 726. The summed E-state index contributed by atoms with van der Waals surface area (Å²) in [4.78, 5) is 13.2. The second-order valence-corrected chi connectivity index (χ2v) is 8.88. The first-order chi connectivity index (χ1) is 12.5. The van der Waals surface area contributed by atoms with Gasteiger partial charge in [-0.2, -0.15) is 11.8 Å². The summed E-state index contributed by atoms with van der Waals surface area (Å²) in [5.41, 5.74) is 1.05. The lowest BCUT2D eigenvalue weighted by Gasteiger charge is -2.12. The summed E-state index contributed by atoms with van der Waals surface area (Å²) in [5, 5.41) is 4.14. The zero-order valence-electron chi connectivity index (χ0n) is 14.6. The van der Waals surface area contributed by atoms with E-state index in [2.05, 4.69) is 5.32 Å². The molecule has 3 nitrogen and oxygen atoms in total. The molecule has 26 heavy (non-hydrogen) atoms. The number of nitrogens with one attached hydrogen (secondary N) is 1. The molecule has 2 aromatic rings. The molecule has 0 aliphatic carbocycles. The second kappa shape index (κ2) is 11.0. The van der Waals surface area contributed by atoms with E-state index in [1.54, 1.807) is 24.9 Å². The van der Waals surface area contributed by atoms with Crippen molar-refractivity contribution in [1.82, 2.24) is 5.32 Å². The number of amides is 1. The van der Waals surface area contributed by atoms with E-state index in [1.807, 2.05) is 43.3 Å². The molecule has 0 fully saturated rings. The van der Waals surface area contributed by atoms with Gasteiger partial charge < -0.3 is 10.1 Å². The molecule has 0 saturated carbocycles. The number of halogens is 2. The van der Waals surface area contributed by atoms with Crippen LogP contribution in [0.3, 0.4) is 0 Å². The third-order valence-electron chi connectivity index (χ3n) is 3.56. The van der Waals surface area contributed by atoms with E-state index in [0.717, 1.165) is 27.7 Å². The van der Waals surface area contributed by atoms with Crippen LogP contribution in [0.5, 0.6) is 5.75 Å². The average Bonchev–Trinajstić information content (AvgIpc) is 2.63. The lowest BCUT2D eigenvalue weighted by atomic mass is 10.2. The van der Waals surface area contributed by atoms with Gasteiger partial charge in [-0.05, 0) is 48.9 Å². The normalized spacial score (nSPS) is 11.8. The molecule has 0 radical (unpaired) electrons. The van der Waals surface area contributed by atoms with Crippen LogP contribution in [0.2, 0.25) is 10.0 Å². The SMILES string of the molecule is COc1ccc(SC(C)C(=O)NCCSCc2ccc(Cl)cc2Cl)cc1. The van der Waals surface area contributed by atoms with Gasteiger partial charge in [-0.25, -0.2) is 0 Å². The van der Waals surface area contributed by atoms with E-state index < -0.39 is 0 Å². The summed E-state index contributed by atoms with van der Waals surface area (Å²) < 4.78 is 5.14. The number of methoxy groups -OCH3 is 1. The van der Waals surface area contributed by atoms with Crippen LogP contribution in [0.1, 0.15) is 12.5 Å². The van der Waals surface area contributed by atoms with E-state index in [1.165, 1.54) is 11.8 Å². The lowest BCUT2D eigenvalue weighted by Crippen LogP contribution is -2.32. The molecule has 0 aliphatic heterocycles. The van der Waals surface area contributed by atoms with Crippen molar-refractivity contribution in [2.45, 2.75) is 22.8 Å². The maximum atomic E-state index is 12.2. The highest BCUT2D eigenvalue weighted by Crippen LogP contribution is 2.26. The van der Waals surface area contributed by atoms with Gasteiger partial charge in [0.05, 0.1) is 12.4 Å². The van der Waals surface area contributed by atoms with Crippen molar-refractivity contribution in [3.8, 4) is 5.75 Å². The Kier molecular flexibility index (Phi) is 8.99. The fraction of sp³-hybridized carbons (Fsp3) is 0.316. The van der Waals surface area contributed by atoms with Crippen LogP contribution < -0.4 is 10.1 Å². The minimum atomic E-state index is -0.154. The van der Waals surface area contributed by atoms with Gasteiger partial charge in [-0.15, -0.1) is 11.8 Å². The number of carbonyl (C=O) groups excluding carboxylic acids is 1. The highest BCUT2D eigenvalue weighted by molar-refractivity contribution is 8.00. The first kappa shape index (κ1) is 21.3. The molecule has 0 bridgehead atoms. The van der Waals surface area contributed by atoms with Gasteiger partial charge in [0.2, 0.25) is 5.91 Å². The standard InChI is InChI=1S/C19H21Cl2NO2S2/c1-13(26-17-7-5-16(24-2)6-8-17)19(23)22-9-10-25-12-14-3-4-15(20)11-18(14)21/h3-8,11,13H,9-10,12H2,1-2H3,(H,22,23). The van der Waals surface area contributed by atoms with Gasteiger partial charge in [0, 0.05) is 33.0 Å². The van der Waals surface area contributed by atoms with Gasteiger partial charge in [0.25, 0.3) is 0 Å². The number of carbonyl (C=O) groups is 1. The minimum Gasteiger partial charge on any atom is -0.497 e. The summed E-state index contributed by atoms with van der Waals surface area (Å²) in [5.74, 6) is 2.47. The fourth-order valence-electron chi connectivity index (χ4n) is 2.12. The lowest BCUT2D eigenvalue weighted by molar-refractivity contribution is -0.120. The first-order valence-electron chi connectivity index (χ1n) is 8.09. The maximum absolute atomic E-state index is 12.2. The number of hydrogen-bond donors (Lipinski definition) is 1. The van der Waals surface area contributed by atoms with Crippen LogP contribution >= 0.6 is 46.7 Å². The Morgan fingerprint density at radius 3 is 2.58 bits per heavy atom. The van der Waals surface area contributed by atoms with Crippen molar-refractivity contribution in [2.75, 3.05) is 19.4 Å². The van der Waals surface area contributed by atoms with Gasteiger partial charge >= 0.3 is 0 Å². The number of benzene rings is 2. The molecule has 0 spiro atoms. The molecule has 7 heteroatoms. The van der Waals surface area contributed by atoms with Gasteiger partial charge in [-0.3, -0.25) is 4.79 Å². The molecular weight excluding hydrogens is 409 g/mol. The van der Waals surface area contributed by atoms with Crippen LogP contribution in [0.25, 0.3) is 0 Å². The van der Waals surface area contributed by atoms with Crippen molar-refractivity contribution in [3.05, 3.63) is 58.1 Å². The molecule has 1 amide bonds. The highest BCUT2D eigenvalue weighted by atomic mass is 35.5. The van der Waals surface area contributed by atoms with E-state index in [4.69, 9.17) is 27.9 Å². The topological polar surface area (TPSA) is 38.3 Å². The Morgan fingerprint density at radius 2 is 1.92 bits per heavy atom. The van der Waals surface area contributed by atoms with E-state index in [9.17, 15) is 4.79 Å². The summed E-state index contributed by atoms with van der Waals surface area (Å²) in [6, 6.07) is 13.2. The zero-order chi connectivity index (χ0) is 18.9. The van der Waals surface area contributed by atoms with Crippen molar-refractivity contribution >= 4 is 52.6 Å². The smallest absolute Gasteiger partial charge is 0.233 e. The molecule has 0 aromatic heterocycles. The summed E-state index contributed by atoms with van der Waals surface area (Å²) in [7, 11) is 1.64. The molecule has 0 aliphatic rings. The molecule has 2 aromatic carbocycles. The van der Waals surface area contributed by atoms with Crippen molar-refractivity contribution in [3.63, 3.8) is 0 Å². The predicted octanol–water partition coefficient (Wildman–Crippen LogP) is 5.53. The van der Waals surface area contributed by atoms with Crippen molar-refractivity contribution in [2.24, 2.45) is 0 Å². The Labute approximate surface area is 173 Å². The highest BCUT2D eigenvalue weighted by Gasteiger charge is 2.13. The predicted molar refractivity (Wildman–Crippen MR) is 114 cm³/mol. The molecule has 2 rings (SSSR count). The van der Waals surface area contributed by atoms with E-state index in [-0.39, 0.29) is 11.2 Å². The second-order valence-electron chi connectivity index (χ2n) is 5.51. The quantitative estimate of drug-likeness (QED) is 0.419. The molecular formula is C19H21Cl2NO2S2. The zero-order valence-corrected chi connectivity index (χ0v) is 17.8. The molecule has 0 heterocycles. The largest absolute Gasteiger partial charge is 0.497 e. The monoisotopic (exact) mass is 429 g/mol. The summed E-state index contributed by atoms with van der Waals surface area (Å²) in [6.07, 6.45) is 0. The van der Waals surface area contributed by atoms with E-state index in [0.29, 0.717) is 16.6 Å². The maximum Gasteiger partial charge on any atom is 0.233 e. The Morgan fingerprint density at radius 1 is 1.19 bits per heavy atom. The third-order valence-corrected chi connectivity index (χ3v) is 6.27. The first-order valence-corrected chi connectivity index (χ1v) is 10.9. The van der Waals surface area contributed by atoms with Gasteiger partial charge in [0.15, 0.2) is 0 Å². The number of ether oxygens (including phenoxy) is 1. The van der Waals surface area contributed by atoms with Crippen molar-refractivity contribution < 1.29 is 9.53 Å². The van der Waals surface area contributed by atoms with Gasteiger partial charge in [-0.1, -0.05) is 29.3 Å². The molecule has 0 saturated heterocycles. The van der Waals surface area contributed by atoms with Crippen molar-refractivity contribution in [1.29, 1.82) is 0 Å². The fourth-order valence-corrected chi connectivity index (χ4v) is 4.43.